The van der Waals surface area contributed by atoms with E-state index in [1.54, 1.807) is 35.9 Å². The minimum Gasteiger partial charge on any atom is -0.508 e. The highest BCUT2D eigenvalue weighted by molar-refractivity contribution is 6.05. The van der Waals surface area contributed by atoms with Crippen molar-refractivity contribution in [2.24, 2.45) is 5.92 Å². The number of hydrogen-bond donors (Lipinski definition) is 3. The van der Waals surface area contributed by atoms with Crippen molar-refractivity contribution in [2.75, 3.05) is 19.0 Å². The lowest BCUT2D eigenvalue weighted by molar-refractivity contribution is -0.115. The van der Waals surface area contributed by atoms with E-state index < -0.39 is 5.91 Å². The molecule has 6 rings (SSSR count). The molecule has 8 heteroatoms. The zero-order valence-electron chi connectivity index (χ0n) is 25.1. The molecule has 0 saturated heterocycles. The Kier molecular flexibility index (Phi) is 8.64. The molecule has 1 aliphatic carbocycles. The number of phenols is 1. The van der Waals surface area contributed by atoms with Crippen molar-refractivity contribution < 1.29 is 19.4 Å². The molecule has 3 N–H and O–H groups in total. The quantitative estimate of drug-likeness (QED) is 0.202. The molecule has 228 valence electrons. The first-order chi connectivity index (χ1) is 21.9. The van der Waals surface area contributed by atoms with Crippen molar-refractivity contribution in [3.8, 4) is 11.5 Å². The smallest absolute Gasteiger partial charge is 0.263 e. The second-order valence-electron chi connectivity index (χ2n) is 11.5. The van der Waals surface area contributed by atoms with Crippen molar-refractivity contribution in [3.63, 3.8) is 0 Å². The number of pyridine rings is 1. The van der Waals surface area contributed by atoms with E-state index in [0.717, 1.165) is 22.3 Å². The number of aromatic nitrogens is 1. The molecule has 1 atom stereocenters. The van der Waals surface area contributed by atoms with E-state index in [2.05, 4.69) is 10.6 Å². The van der Waals surface area contributed by atoms with Crippen molar-refractivity contribution >= 4 is 28.4 Å². The molecule has 0 fully saturated rings. The van der Waals surface area contributed by atoms with Gasteiger partial charge in [0.1, 0.15) is 17.1 Å². The summed E-state index contributed by atoms with van der Waals surface area (Å²) in [7, 11) is 1.59. The summed E-state index contributed by atoms with van der Waals surface area (Å²) in [5.74, 6) is 0.347. The molecule has 1 aliphatic rings. The summed E-state index contributed by atoms with van der Waals surface area (Å²) in [4.78, 5) is 40.6. The molecule has 0 aliphatic heterocycles. The van der Waals surface area contributed by atoms with Crippen LogP contribution >= 0.6 is 0 Å². The van der Waals surface area contributed by atoms with Crippen molar-refractivity contribution in [1.82, 2.24) is 9.88 Å². The summed E-state index contributed by atoms with van der Waals surface area (Å²) in [6, 6.07) is 29.7. The van der Waals surface area contributed by atoms with Gasteiger partial charge in [-0.1, -0.05) is 60.7 Å². The van der Waals surface area contributed by atoms with Gasteiger partial charge in [0.2, 0.25) is 5.91 Å². The van der Waals surface area contributed by atoms with Crippen LogP contribution in [0.2, 0.25) is 0 Å². The van der Waals surface area contributed by atoms with Gasteiger partial charge < -0.3 is 25.0 Å². The number of methoxy groups -OCH3 is 1. The number of carbonyl (C=O) groups is 2. The van der Waals surface area contributed by atoms with E-state index in [-0.39, 0.29) is 35.1 Å². The van der Waals surface area contributed by atoms with Crippen LogP contribution in [-0.4, -0.2) is 35.1 Å². The predicted molar refractivity (Wildman–Crippen MR) is 175 cm³/mol. The Morgan fingerprint density at radius 3 is 2.44 bits per heavy atom. The third-order valence-electron chi connectivity index (χ3n) is 8.41. The van der Waals surface area contributed by atoms with Gasteiger partial charge in [-0.2, -0.15) is 0 Å². The van der Waals surface area contributed by atoms with Crippen molar-refractivity contribution in [1.29, 1.82) is 0 Å². The lowest BCUT2D eigenvalue weighted by Crippen LogP contribution is -2.35. The van der Waals surface area contributed by atoms with Crippen LogP contribution in [0.4, 0.5) is 5.69 Å². The van der Waals surface area contributed by atoms with Crippen LogP contribution in [0.3, 0.4) is 0 Å². The number of fused-ring (bicyclic) bond motifs is 2. The maximum absolute atomic E-state index is 14.0. The van der Waals surface area contributed by atoms with Crippen LogP contribution in [0.5, 0.6) is 11.5 Å². The molecule has 2 amide bonds. The Morgan fingerprint density at radius 2 is 1.69 bits per heavy atom. The molecule has 45 heavy (non-hydrogen) atoms. The molecular weight excluding hydrogens is 566 g/mol. The summed E-state index contributed by atoms with van der Waals surface area (Å²) in [6.07, 6.45) is 2.12. The average Bonchev–Trinajstić information content (AvgIpc) is 3.47. The molecule has 8 nitrogen and oxygen atoms in total. The third-order valence-corrected chi connectivity index (χ3v) is 8.41. The van der Waals surface area contributed by atoms with Crippen LogP contribution in [0.25, 0.3) is 10.9 Å². The first-order valence-electron chi connectivity index (χ1n) is 15.1. The molecule has 0 bridgehead atoms. The lowest BCUT2D eigenvalue weighted by Gasteiger charge is -2.18. The predicted octanol–water partition coefficient (Wildman–Crippen LogP) is 5.28. The fourth-order valence-corrected chi connectivity index (χ4v) is 6.14. The van der Waals surface area contributed by atoms with E-state index in [0.29, 0.717) is 54.7 Å². The number of ether oxygens (including phenoxy) is 1. The second kappa shape index (κ2) is 13.1. The van der Waals surface area contributed by atoms with E-state index in [9.17, 15) is 19.5 Å². The number of nitrogens with one attached hydrogen (secondary N) is 2. The Morgan fingerprint density at radius 1 is 0.911 bits per heavy atom. The topological polar surface area (TPSA) is 110 Å². The van der Waals surface area contributed by atoms with Crippen molar-refractivity contribution in [3.05, 3.63) is 135 Å². The number of hydrogen-bond acceptors (Lipinski definition) is 5. The maximum Gasteiger partial charge on any atom is 0.263 e. The number of amides is 2. The summed E-state index contributed by atoms with van der Waals surface area (Å²) in [5.41, 5.74) is 4.66. The SMILES string of the molecule is COc1ccc(CC(=O)Nc2cccc3c2cc(C(=O)NCCc2ccccc2)c(=O)n3CC2Cc3cccc(O)c3C2)cc1. The van der Waals surface area contributed by atoms with Gasteiger partial charge in [0, 0.05) is 18.5 Å². The van der Waals surface area contributed by atoms with E-state index in [4.69, 9.17) is 4.74 Å². The van der Waals surface area contributed by atoms with Gasteiger partial charge in [-0.3, -0.25) is 14.4 Å². The largest absolute Gasteiger partial charge is 0.508 e. The highest BCUT2D eigenvalue weighted by Gasteiger charge is 2.26. The molecule has 0 saturated carbocycles. The van der Waals surface area contributed by atoms with Gasteiger partial charge in [-0.05, 0) is 83.8 Å². The van der Waals surface area contributed by atoms with Crippen LogP contribution < -0.4 is 20.9 Å². The molecule has 5 aromatic rings. The van der Waals surface area contributed by atoms with Crippen LogP contribution in [0.15, 0.2) is 102 Å². The van der Waals surface area contributed by atoms with Gasteiger partial charge in [-0.15, -0.1) is 0 Å². The number of phenolic OH excluding ortho intramolecular Hbond substituents is 1. The van der Waals surface area contributed by atoms with Crippen LogP contribution in [-0.2, 0) is 37.0 Å². The van der Waals surface area contributed by atoms with Gasteiger partial charge in [0.05, 0.1) is 24.7 Å². The van der Waals surface area contributed by atoms with E-state index in [1.165, 1.54) is 0 Å². The lowest BCUT2D eigenvalue weighted by atomic mass is 10.0. The Hall–Kier alpha value is -5.37. The number of benzene rings is 4. The first kappa shape index (κ1) is 29.7. The van der Waals surface area contributed by atoms with Crippen LogP contribution in [0.1, 0.15) is 32.6 Å². The zero-order valence-corrected chi connectivity index (χ0v) is 25.1. The number of carbonyl (C=O) groups excluding carboxylic acids is 2. The molecular formula is C37H35N3O5. The minimum absolute atomic E-state index is 0.0192. The summed E-state index contributed by atoms with van der Waals surface area (Å²) >= 11 is 0. The summed E-state index contributed by atoms with van der Waals surface area (Å²) < 4.78 is 6.86. The van der Waals surface area contributed by atoms with E-state index >= 15 is 0 Å². The molecule has 1 aromatic heterocycles. The van der Waals surface area contributed by atoms with Crippen LogP contribution in [0, 0.1) is 5.92 Å². The fraction of sp³-hybridized carbons (Fsp3) is 0.216. The minimum atomic E-state index is -0.460. The van der Waals surface area contributed by atoms with Gasteiger partial charge >= 0.3 is 0 Å². The number of anilines is 1. The van der Waals surface area contributed by atoms with Gasteiger partial charge in [0.15, 0.2) is 0 Å². The highest BCUT2D eigenvalue weighted by Crippen LogP contribution is 2.34. The third kappa shape index (κ3) is 6.60. The second-order valence-corrected chi connectivity index (χ2v) is 11.5. The fourth-order valence-electron chi connectivity index (χ4n) is 6.14. The average molecular weight is 602 g/mol. The number of nitrogens with zero attached hydrogens (tertiary/aromatic N) is 1. The summed E-state index contributed by atoms with van der Waals surface area (Å²) in [6.45, 7) is 0.732. The Balaban J connectivity index is 1.31. The highest BCUT2D eigenvalue weighted by atomic mass is 16.5. The number of rotatable bonds is 10. The standard InChI is InChI=1S/C37H35N3O5/c1-45-28-15-13-25(14-16-28)21-35(42)39-32-10-6-11-33-30(32)22-31(36(43)38-18-17-24-7-3-2-4-8-24)37(44)40(33)23-26-19-27-9-5-12-34(41)29(27)20-26/h2-16,22,26,41H,17-21,23H2,1H3,(H,38,43)(H,39,42). The zero-order chi connectivity index (χ0) is 31.3. The molecule has 1 unspecified atom stereocenters. The maximum atomic E-state index is 14.0. The normalized spacial score (nSPS) is 13.8. The first-order valence-corrected chi connectivity index (χ1v) is 15.1. The number of aromatic hydroxyl groups is 1. The Bertz CT molecular complexity index is 1920. The van der Waals surface area contributed by atoms with E-state index in [1.807, 2.05) is 72.8 Å². The van der Waals surface area contributed by atoms with Crippen molar-refractivity contribution in [2.45, 2.75) is 32.2 Å². The molecule has 0 spiro atoms. The molecule has 4 aromatic carbocycles. The van der Waals surface area contributed by atoms with Gasteiger partial charge in [0.25, 0.3) is 11.5 Å². The monoisotopic (exact) mass is 601 g/mol. The van der Waals surface area contributed by atoms with Gasteiger partial charge in [-0.25, -0.2) is 0 Å². The Labute approximate surface area is 261 Å². The molecule has 0 radical (unpaired) electrons. The summed E-state index contributed by atoms with van der Waals surface area (Å²) in [5, 5.41) is 16.9. The molecule has 1 heterocycles.